The molecule has 1 aliphatic heterocycles. The van der Waals surface area contributed by atoms with Gasteiger partial charge >= 0.3 is 12.0 Å². The number of rotatable bonds is 5. The molecule has 7 heteroatoms. The average Bonchev–Trinajstić information content (AvgIpc) is 2.68. The van der Waals surface area contributed by atoms with Crippen LogP contribution in [0.25, 0.3) is 0 Å². The second-order valence-electron chi connectivity index (χ2n) is 7.47. The van der Waals surface area contributed by atoms with Crippen molar-refractivity contribution in [3.8, 4) is 11.5 Å². The Hall–Kier alpha value is -2.70. The molecule has 0 bridgehead atoms. The Morgan fingerprint density at radius 2 is 1.75 bits per heavy atom. The molecular weight excluding hydrogens is 360 g/mol. The summed E-state index contributed by atoms with van der Waals surface area (Å²) in [4.78, 5) is 25.1. The van der Waals surface area contributed by atoms with Crippen LogP contribution in [0, 0.1) is 5.92 Å². The van der Waals surface area contributed by atoms with Gasteiger partial charge in [-0.15, -0.1) is 0 Å². The molecule has 0 spiro atoms. The third kappa shape index (κ3) is 4.24. The molecular formula is C21H28N2O5. The lowest BCUT2D eigenvalue weighted by Crippen LogP contribution is -2.45. The number of carbonyl (C=O) groups is 2. The number of urea groups is 1. The molecule has 2 amide bonds. The summed E-state index contributed by atoms with van der Waals surface area (Å²) in [5.74, 6) is 1.38. The van der Waals surface area contributed by atoms with Crippen LogP contribution in [-0.2, 0) is 9.53 Å². The predicted octanol–water partition coefficient (Wildman–Crippen LogP) is 3.45. The fraction of sp³-hybridized carbons (Fsp3) is 0.524. The minimum Gasteiger partial charge on any atom is -0.493 e. The molecule has 0 unspecified atom stereocenters. The zero-order chi connectivity index (χ0) is 20.3. The lowest BCUT2D eigenvalue weighted by atomic mass is 9.88. The van der Waals surface area contributed by atoms with E-state index in [0.29, 0.717) is 28.7 Å². The van der Waals surface area contributed by atoms with Crippen molar-refractivity contribution in [3.63, 3.8) is 0 Å². The van der Waals surface area contributed by atoms with Crippen LogP contribution in [0.5, 0.6) is 11.5 Å². The van der Waals surface area contributed by atoms with Crippen molar-refractivity contribution in [1.29, 1.82) is 0 Å². The third-order valence-corrected chi connectivity index (χ3v) is 5.47. The summed E-state index contributed by atoms with van der Waals surface area (Å²) in [6, 6.07) is 4.34. The van der Waals surface area contributed by atoms with Gasteiger partial charge in [0.2, 0.25) is 0 Å². The van der Waals surface area contributed by atoms with E-state index in [-0.39, 0.29) is 12.1 Å². The molecule has 1 heterocycles. The van der Waals surface area contributed by atoms with Crippen molar-refractivity contribution in [1.82, 2.24) is 10.6 Å². The van der Waals surface area contributed by atoms with Gasteiger partial charge in [0.1, 0.15) is 6.10 Å². The standard InChI is InChI=1S/C21H28N2O5/c1-12-5-8-15(9-6-12)28-20(24)18-13(2)22-21(25)23-19(18)14-7-10-16(26-3)17(11-14)27-4/h7,10-12,15,19H,5-6,8-9H2,1-4H3,(H2,22,23,25)/t12?,15?,19-/m1/s1. The van der Waals surface area contributed by atoms with Gasteiger partial charge in [0, 0.05) is 5.70 Å². The number of hydrogen-bond acceptors (Lipinski definition) is 5. The van der Waals surface area contributed by atoms with Gasteiger partial charge in [-0.05, 0) is 56.2 Å². The highest BCUT2D eigenvalue weighted by Gasteiger charge is 2.34. The van der Waals surface area contributed by atoms with Crippen LogP contribution in [0.15, 0.2) is 29.5 Å². The van der Waals surface area contributed by atoms with Gasteiger partial charge in [0.25, 0.3) is 0 Å². The molecule has 2 aliphatic rings. The van der Waals surface area contributed by atoms with E-state index in [4.69, 9.17) is 14.2 Å². The van der Waals surface area contributed by atoms with Gasteiger partial charge in [-0.3, -0.25) is 0 Å². The number of carbonyl (C=O) groups excluding carboxylic acids is 2. The quantitative estimate of drug-likeness (QED) is 0.755. The molecule has 0 radical (unpaired) electrons. The second kappa shape index (κ2) is 8.54. The van der Waals surface area contributed by atoms with Gasteiger partial charge in [-0.1, -0.05) is 13.0 Å². The van der Waals surface area contributed by atoms with Crippen molar-refractivity contribution in [3.05, 3.63) is 35.0 Å². The maximum atomic E-state index is 13.0. The molecule has 0 aromatic heterocycles. The minimum atomic E-state index is -0.622. The summed E-state index contributed by atoms with van der Waals surface area (Å²) in [5.41, 5.74) is 1.62. The largest absolute Gasteiger partial charge is 0.493 e. The molecule has 1 saturated carbocycles. The summed E-state index contributed by atoms with van der Waals surface area (Å²) in [6.45, 7) is 3.93. The molecule has 1 fully saturated rings. The van der Waals surface area contributed by atoms with E-state index in [1.54, 1.807) is 39.3 Å². The summed E-state index contributed by atoms with van der Waals surface area (Å²) in [6.07, 6.45) is 3.79. The molecule has 2 N–H and O–H groups in total. The SMILES string of the molecule is COc1ccc([C@H]2NC(=O)NC(C)=C2C(=O)OC2CCC(C)CC2)cc1OC. The smallest absolute Gasteiger partial charge is 0.338 e. The Balaban J connectivity index is 1.87. The first-order valence-electron chi connectivity index (χ1n) is 9.64. The van der Waals surface area contributed by atoms with Gasteiger partial charge in [0.05, 0.1) is 25.8 Å². The fourth-order valence-electron chi connectivity index (χ4n) is 3.81. The van der Waals surface area contributed by atoms with Crippen molar-refractivity contribution in [2.75, 3.05) is 14.2 Å². The highest BCUT2D eigenvalue weighted by atomic mass is 16.5. The van der Waals surface area contributed by atoms with Crippen molar-refractivity contribution in [2.45, 2.75) is 51.7 Å². The van der Waals surface area contributed by atoms with E-state index >= 15 is 0 Å². The molecule has 3 rings (SSSR count). The number of benzene rings is 1. The Kier molecular flexibility index (Phi) is 6.11. The lowest BCUT2D eigenvalue weighted by Gasteiger charge is -2.31. The van der Waals surface area contributed by atoms with Crippen LogP contribution in [0.3, 0.4) is 0 Å². The van der Waals surface area contributed by atoms with Crippen molar-refractivity contribution >= 4 is 12.0 Å². The maximum absolute atomic E-state index is 13.0. The molecule has 1 aromatic carbocycles. The van der Waals surface area contributed by atoms with Crippen LogP contribution >= 0.6 is 0 Å². The molecule has 1 atom stereocenters. The van der Waals surface area contributed by atoms with Gasteiger partial charge in [-0.25, -0.2) is 9.59 Å². The topological polar surface area (TPSA) is 85.9 Å². The number of ether oxygens (including phenoxy) is 3. The van der Waals surface area contributed by atoms with E-state index in [1.165, 1.54) is 0 Å². The first kappa shape index (κ1) is 20.0. The molecule has 7 nitrogen and oxygen atoms in total. The normalized spacial score (nSPS) is 24.9. The van der Waals surface area contributed by atoms with Crippen LogP contribution in [0.2, 0.25) is 0 Å². The minimum absolute atomic E-state index is 0.0762. The Bertz CT molecular complexity index is 781. The predicted molar refractivity (Wildman–Crippen MR) is 104 cm³/mol. The Labute approximate surface area is 165 Å². The summed E-state index contributed by atoms with van der Waals surface area (Å²) in [5, 5.41) is 5.50. The Morgan fingerprint density at radius 3 is 2.39 bits per heavy atom. The van der Waals surface area contributed by atoms with E-state index in [1.807, 2.05) is 0 Å². The molecule has 0 saturated heterocycles. The van der Waals surface area contributed by atoms with E-state index < -0.39 is 12.0 Å². The van der Waals surface area contributed by atoms with Gasteiger partial charge < -0.3 is 24.8 Å². The number of methoxy groups -OCH3 is 2. The van der Waals surface area contributed by atoms with Crippen LogP contribution in [0.1, 0.15) is 51.1 Å². The van der Waals surface area contributed by atoms with Crippen molar-refractivity contribution in [2.24, 2.45) is 5.92 Å². The number of allylic oxidation sites excluding steroid dienone is 1. The van der Waals surface area contributed by atoms with Crippen molar-refractivity contribution < 1.29 is 23.8 Å². The van der Waals surface area contributed by atoms with E-state index in [2.05, 4.69) is 17.6 Å². The number of amides is 2. The van der Waals surface area contributed by atoms with Gasteiger partial charge in [-0.2, -0.15) is 0 Å². The molecule has 1 aliphatic carbocycles. The third-order valence-electron chi connectivity index (χ3n) is 5.47. The highest BCUT2D eigenvalue weighted by molar-refractivity contribution is 5.95. The molecule has 1 aromatic rings. The molecule has 152 valence electrons. The van der Waals surface area contributed by atoms with Crippen LogP contribution < -0.4 is 20.1 Å². The summed E-state index contributed by atoms with van der Waals surface area (Å²) in [7, 11) is 3.10. The fourth-order valence-corrected chi connectivity index (χ4v) is 3.81. The number of nitrogens with one attached hydrogen (secondary N) is 2. The Morgan fingerprint density at radius 1 is 1.07 bits per heavy atom. The highest BCUT2D eigenvalue weighted by Crippen LogP contribution is 2.35. The first-order chi connectivity index (χ1) is 13.4. The lowest BCUT2D eigenvalue weighted by molar-refractivity contribution is -0.146. The van der Waals surface area contributed by atoms with Crippen LogP contribution in [0.4, 0.5) is 4.79 Å². The van der Waals surface area contributed by atoms with Gasteiger partial charge in [0.15, 0.2) is 11.5 Å². The summed E-state index contributed by atoms with van der Waals surface area (Å²) < 4.78 is 16.4. The zero-order valence-electron chi connectivity index (χ0n) is 16.8. The summed E-state index contributed by atoms with van der Waals surface area (Å²) >= 11 is 0. The zero-order valence-corrected chi connectivity index (χ0v) is 16.8. The monoisotopic (exact) mass is 388 g/mol. The number of esters is 1. The molecule has 28 heavy (non-hydrogen) atoms. The van der Waals surface area contributed by atoms with E-state index in [9.17, 15) is 9.59 Å². The maximum Gasteiger partial charge on any atom is 0.338 e. The van der Waals surface area contributed by atoms with Crippen LogP contribution in [-0.4, -0.2) is 32.3 Å². The van der Waals surface area contributed by atoms with E-state index in [0.717, 1.165) is 31.2 Å². The first-order valence-corrected chi connectivity index (χ1v) is 9.64. The second-order valence-corrected chi connectivity index (χ2v) is 7.47. The average molecular weight is 388 g/mol. The number of hydrogen-bond donors (Lipinski definition) is 2.